The number of aromatic nitrogens is 2. The van der Waals surface area contributed by atoms with Gasteiger partial charge < -0.3 is 14.6 Å². The van der Waals surface area contributed by atoms with Crippen LogP contribution >= 0.6 is 15.9 Å². The maximum atomic E-state index is 12.4. The van der Waals surface area contributed by atoms with Crippen molar-refractivity contribution in [3.63, 3.8) is 0 Å². The van der Waals surface area contributed by atoms with E-state index in [0.717, 1.165) is 11.4 Å². The van der Waals surface area contributed by atoms with Crippen LogP contribution in [0.15, 0.2) is 22.8 Å². The van der Waals surface area contributed by atoms with Gasteiger partial charge in [0.05, 0.1) is 5.56 Å². The molecule has 1 N–H and O–H groups in total. The standard InChI is InChI=1S/C14H14BrN3O2/c1-7-4-5-8(2)18(7)12-11-10(9(15)6-16-12)13(19)17(3)14(11)20/h4-6,13,19H,1-3H3. The zero-order valence-corrected chi connectivity index (χ0v) is 13.0. The molecule has 3 rings (SSSR count). The summed E-state index contributed by atoms with van der Waals surface area (Å²) in [7, 11) is 1.58. The smallest absolute Gasteiger partial charge is 0.260 e. The summed E-state index contributed by atoms with van der Waals surface area (Å²) >= 11 is 3.37. The lowest BCUT2D eigenvalue weighted by Crippen LogP contribution is -2.23. The number of carbonyl (C=O) groups is 1. The van der Waals surface area contributed by atoms with Gasteiger partial charge in [0, 0.05) is 34.7 Å². The van der Waals surface area contributed by atoms with E-state index in [1.165, 1.54) is 4.90 Å². The van der Waals surface area contributed by atoms with Crippen LogP contribution in [0.5, 0.6) is 0 Å². The predicted octanol–water partition coefficient (Wildman–Crippen LogP) is 2.33. The molecule has 2 aromatic heterocycles. The zero-order valence-electron chi connectivity index (χ0n) is 11.4. The van der Waals surface area contributed by atoms with Gasteiger partial charge in [-0.1, -0.05) is 0 Å². The fourth-order valence-electron chi connectivity index (χ4n) is 2.61. The molecule has 3 heterocycles. The van der Waals surface area contributed by atoms with Crippen LogP contribution in [0.25, 0.3) is 5.82 Å². The van der Waals surface area contributed by atoms with Crippen molar-refractivity contribution in [3.8, 4) is 5.82 Å². The highest BCUT2D eigenvalue weighted by Gasteiger charge is 2.38. The first-order chi connectivity index (χ1) is 9.43. The van der Waals surface area contributed by atoms with Gasteiger partial charge in [-0.2, -0.15) is 0 Å². The third-order valence-corrected chi connectivity index (χ3v) is 4.32. The number of halogens is 1. The summed E-state index contributed by atoms with van der Waals surface area (Å²) in [5, 5.41) is 10.2. The van der Waals surface area contributed by atoms with Crippen molar-refractivity contribution in [2.75, 3.05) is 7.05 Å². The summed E-state index contributed by atoms with van der Waals surface area (Å²) in [5.41, 5.74) is 3.03. The van der Waals surface area contributed by atoms with Crippen molar-refractivity contribution in [3.05, 3.63) is 45.3 Å². The van der Waals surface area contributed by atoms with E-state index < -0.39 is 6.23 Å². The second-order valence-electron chi connectivity index (χ2n) is 4.96. The molecular formula is C14H14BrN3O2. The first-order valence-electron chi connectivity index (χ1n) is 6.22. The molecule has 20 heavy (non-hydrogen) atoms. The van der Waals surface area contributed by atoms with Crippen molar-refractivity contribution in [2.45, 2.75) is 20.1 Å². The molecule has 0 fully saturated rings. The summed E-state index contributed by atoms with van der Waals surface area (Å²) in [6, 6.07) is 3.95. The molecule has 0 saturated carbocycles. The highest BCUT2D eigenvalue weighted by Crippen LogP contribution is 2.38. The van der Waals surface area contributed by atoms with Crippen molar-refractivity contribution in [1.82, 2.24) is 14.5 Å². The van der Waals surface area contributed by atoms with Gasteiger partial charge in [0.25, 0.3) is 5.91 Å². The SMILES string of the molecule is Cc1ccc(C)n1-c1ncc(Br)c2c1C(=O)N(C)C2O. The maximum absolute atomic E-state index is 12.4. The fraction of sp³-hybridized carbons (Fsp3) is 0.286. The molecule has 1 amide bonds. The van der Waals surface area contributed by atoms with Crippen LogP contribution in [0.3, 0.4) is 0 Å². The van der Waals surface area contributed by atoms with Gasteiger partial charge in [-0.3, -0.25) is 4.79 Å². The van der Waals surface area contributed by atoms with Gasteiger partial charge in [0.1, 0.15) is 5.82 Å². The molecule has 1 aliphatic rings. The van der Waals surface area contributed by atoms with E-state index >= 15 is 0 Å². The number of nitrogens with zero attached hydrogens (tertiary/aromatic N) is 3. The Kier molecular flexibility index (Phi) is 2.95. The molecule has 2 aromatic rings. The number of aryl methyl sites for hydroxylation is 2. The number of amides is 1. The summed E-state index contributed by atoms with van der Waals surface area (Å²) in [6.07, 6.45) is 0.688. The van der Waals surface area contributed by atoms with E-state index in [4.69, 9.17) is 0 Å². The van der Waals surface area contributed by atoms with E-state index in [0.29, 0.717) is 21.4 Å². The number of fused-ring (bicyclic) bond motifs is 1. The van der Waals surface area contributed by atoms with Crippen molar-refractivity contribution in [2.24, 2.45) is 0 Å². The Morgan fingerprint density at radius 3 is 2.50 bits per heavy atom. The largest absolute Gasteiger partial charge is 0.369 e. The minimum absolute atomic E-state index is 0.219. The van der Waals surface area contributed by atoms with E-state index in [1.54, 1.807) is 13.2 Å². The molecule has 0 saturated heterocycles. The van der Waals surface area contributed by atoms with Gasteiger partial charge in [-0.15, -0.1) is 0 Å². The molecule has 6 heteroatoms. The number of pyridine rings is 1. The number of aliphatic hydroxyl groups excluding tert-OH is 1. The molecule has 0 aromatic carbocycles. The minimum atomic E-state index is -0.940. The van der Waals surface area contributed by atoms with E-state index in [2.05, 4.69) is 20.9 Å². The van der Waals surface area contributed by atoms with E-state index in [1.807, 2.05) is 30.5 Å². The average Bonchev–Trinajstić information content (AvgIpc) is 2.85. The summed E-state index contributed by atoms with van der Waals surface area (Å²) < 4.78 is 2.57. The predicted molar refractivity (Wildman–Crippen MR) is 77.8 cm³/mol. The Labute approximate surface area is 125 Å². The first kappa shape index (κ1) is 13.3. The Balaban J connectivity index is 2.35. The third kappa shape index (κ3) is 1.65. The summed E-state index contributed by atoms with van der Waals surface area (Å²) in [5.74, 6) is 0.348. The minimum Gasteiger partial charge on any atom is -0.369 e. The second-order valence-corrected chi connectivity index (χ2v) is 5.81. The molecule has 5 nitrogen and oxygen atoms in total. The van der Waals surface area contributed by atoms with E-state index in [9.17, 15) is 9.90 Å². The lowest BCUT2D eigenvalue weighted by atomic mass is 10.1. The number of hydrogen-bond donors (Lipinski definition) is 1. The quantitative estimate of drug-likeness (QED) is 0.870. The van der Waals surface area contributed by atoms with Gasteiger partial charge in [0.15, 0.2) is 6.23 Å². The number of aliphatic hydroxyl groups is 1. The van der Waals surface area contributed by atoms with Crippen LogP contribution in [-0.4, -0.2) is 32.5 Å². The van der Waals surface area contributed by atoms with Crippen LogP contribution in [0.2, 0.25) is 0 Å². The summed E-state index contributed by atoms with van der Waals surface area (Å²) in [4.78, 5) is 18.1. The molecule has 0 aliphatic carbocycles. The summed E-state index contributed by atoms with van der Waals surface area (Å²) in [6.45, 7) is 3.92. The van der Waals surface area contributed by atoms with Crippen LogP contribution < -0.4 is 0 Å². The Bertz CT molecular complexity index is 704. The fourth-order valence-corrected chi connectivity index (χ4v) is 3.11. The molecule has 0 spiro atoms. The highest BCUT2D eigenvalue weighted by atomic mass is 79.9. The Hall–Kier alpha value is -1.66. The Morgan fingerprint density at radius 1 is 1.30 bits per heavy atom. The highest BCUT2D eigenvalue weighted by molar-refractivity contribution is 9.10. The normalized spacial score (nSPS) is 17.8. The molecule has 1 aliphatic heterocycles. The van der Waals surface area contributed by atoms with Crippen molar-refractivity contribution >= 4 is 21.8 Å². The molecule has 0 bridgehead atoms. The first-order valence-corrected chi connectivity index (χ1v) is 7.01. The molecule has 104 valence electrons. The number of rotatable bonds is 1. The molecule has 1 atom stereocenters. The maximum Gasteiger partial charge on any atom is 0.260 e. The van der Waals surface area contributed by atoms with Gasteiger partial charge in [-0.05, 0) is 41.9 Å². The topological polar surface area (TPSA) is 58.4 Å². The van der Waals surface area contributed by atoms with Gasteiger partial charge >= 0.3 is 0 Å². The number of hydrogen-bond acceptors (Lipinski definition) is 3. The van der Waals surface area contributed by atoms with Crippen molar-refractivity contribution in [1.29, 1.82) is 0 Å². The second kappa shape index (κ2) is 4.43. The third-order valence-electron chi connectivity index (χ3n) is 3.69. The van der Waals surface area contributed by atoms with Gasteiger partial charge in [-0.25, -0.2) is 4.98 Å². The van der Waals surface area contributed by atoms with Crippen LogP contribution in [0, 0.1) is 13.8 Å². The Morgan fingerprint density at radius 2 is 1.90 bits per heavy atom. The lowest BCUT2D eigenvalue weighted by molar-refractivity contribution is 0.0299. The van der Waals surface area contributed by atoms with E-state index in [-0.39, 0.29) is 5.91 Å². The molecular weight excluding hydrogens is 322 g/mol. The van der Waals surface area contributed by atoms with Crippen LogP contribution in [0.1, 0.15) is 33.5 Å². The zero-order chi connectivity index (χ0) is 14.6. The average molecular weight is 336 g/mol. The van der Waals surface area contributed by atoms with Gasteiger partial charge in [0.2, 0.25) is 0 Å². The molecule has 1 unspecified atom stereocenters. The lowest BCUT2D eigenvalue weighted by Gasteiger charge is -2.14. The van der Waals surface area contributed by atoms with Crippen molar-refractivity contribution < 1.29 is 9.90 Å². The molecule has 0 radical (unpaired) electrons. The van der Waals surface area contributed by atoms with Crippen LogP contribution in [-0.2, 0) is 0 Å². The number of carbonyl (C=O) groups excluding carboxylic acids is 1. The van der Waals surface area contributed by atoms with Crippen LogP contribution in [0.4, 0.5) is 0 Å². The monoisotopic (exact) mass is 335 g/mol.